The standard InChI is InChI=1S/C19H29BN2O4/c1-13-16(17(23)22-9-7-15(24-6)8-10-22)11-14(12-21-13)20-25-18(2,3)19(4,5)26-20/h11-12,15H,7-10H2,1-6H3. The predicted molar refractivity (Wildman–Crippen MR) is 101 cm³/mol. The van der Waals surface area contributed by atoms with Gasteiger partial charge in [-0.1, -0.05) is 0 Å². The maximum Gasteiger partial charge on any atom is 0.496 e. The van der Waals surface area contributed by atoms with Crippen LogP contribution in [-0.4, -0.2) is 60.4 Å². The largest absolute Gasteiger partial charge is 0.496 e. The third kappa shape index (κ3) is 3.52. The van der Waals surface area contributed by atoms with Crippen LogP contribution in [-0.2, 0) is 14.0 Å². The average molecular weight is 360 g/mol. The lowest BCUT2D eigenvalue weighted by atomic mass is 9.79. The topological polar surface area (TPSA) is 60.9 Å². The fourth-order valence-corrected chi connectivity index (χ4v) is 3.34. The first-order chi connectivity index (χ1) is 12.1. The summed E-state index contributed by atoms with van der Waals surface area (Å²) in [5.74, 6) is 0.0166. The van der Waals surface area contributed by atoms with Crippen LogP contribution < -0.4 is 5.46 Å². The molecule has 0 spiro atoms. The van der Waals surface area contributed by atoms with Gasteiger partial charge in [-0.3, -0.25) is 9.78 Å². The summed E-state index contributed by atoms with van der Waals surface area (Å²) in [6, 6.07) is 1.87. The van der Waals surface area contributed by atoms with Crippen LogP contribution in [0, 0.1) is 6.92 Å². The van der Waals surface area contributed by atoms with Gasteiger partial charge in [-0.15, -0.1) is 0 Å². The van der Waals surface area contributed by atoms with Crippen molar-refractivity contribution in [2.45, 2.75) is 64.8 Å². The number of piperidine rings is 1. The van der Waals surface area contributed by atoms with Crippen LogP contribution in [0.15, 0.2) is 12.3 Å². The van der Waals surface area contributed by atoms with E-state index in [1.807, 2.05) is 45.6 Å². The Balaban J connectivity index is 1.80. The smallest absolute Gasteiger partial charge is 0.399 e. The second kappa shape index (κ2) is 6.95. The van der Waals surface area contributed by atoms with Crippen molar-refractivity contribution in [1.29, 1.82) is 0 Å². The second-order valence-electron chi connectivity index (χ2n) is 8.22. The molecule has 0 bridgehead atoms. The van der Waals surface area contributed by atoms with E-state index in [1.54, 1.807) is 13.3 Å². The Morgan fingerprint density at radius 2 is 1.81 bits per heavy atom. The van der Waals surface area contributed by atoms with E-state index in [1.165, 1.54) is 0 Å². The number of hydrogen-bond donors (Lipinski definition) is 0. The van der Waals surface area contributed by atoms with Crippen molar-refractivity contribution in [3.8, 4) is 0 Å². The van der Waals surface area contributed by atoms with Crippen LogP contribution in [0.2, 0.25) is 0 Å². The number of carbonyl (C=O) groups is 1. The molecule has 2 aliphatic rings. The zero-order chi connectivity index (χ0) is 19.1. The summed E-state index contributed by atoms with van der Waals surface area (Å²) in [6.45, 7) is 11.3. The van der Waals surface area contributed by atoms with Crippen molar-refractivity contribution in [3.63, 3.8) is 0 Å². The Hall–Kier alpha value is -1.44. The van der Waals surface area contributed by atoms with Gasteiger partial charge in [0.15, 0.2) is 0 Å². The number of pyridine rings is 1. The van der Waals surface area contributed by atoms with Crippen molar-refractivity contribution in [3.05, 3.63) is 23.5 Å². The van der Waals surface area contributed by atoms with Gasteiger partial charge in [0.25, 0.3) is 5.91 Å². The van der Waals surface area contributed by atoms with E-state index in [4.69, 9.17) is 14.0 Å². The molecule has 0 N–H and O–H groups in total. The molecule has 0 aromatic carbocycles. The Bertz CT molecular complexity index is 668. The first kappa shape index (κ1) is 19.3. The number of aryl methyl sites for hydroxylation is 1. The summed E-state index contributed by atoms with van der Waals surface area (Å²) in [4.78, 5) is 19.3. The predicted octanol–water partition coefficient (Wildman–Crippen LogP) is 1.94. The van der Waals surface area contributed by atoms with Crippen LogP contribution in [0.5, 0.6) is 0 Å². The van der Waals surface area contributed by atoms with E-state index in [9.17, 15) is 4.79 Å². The van der Waals surface area contributed by atoms with Crippen LogP contribution in [0.3, 0.4) is 0 Å². The summed E-state index contributed by atoms with van der Waals surface area (Å²) < 4.78 is 17.6. The lowest BCUT2D eigenvalue weighted by molar-refractivity contribution is 0.00578. The molecule has 0 aliphatic carbocycles. The normalized spacial score (nSPS) is 22.7. The molecule has 1 aromatic rings. The van der Waals surface area contributed by atoms with Crippen molar-refractivity contribution >= 4 is 18.5 Å². The molecule has 0 atom stereocenters. The third-order valence-electron chi connectivity index (χ3n) is 5.93. The quantitative estimate of drug-likeness (QED) is 0.771. The molecule has 142 valence electrons. The summed E-state index contributed by atoms with van der Waals surface area (Å²) in [7, 11) is 1.21. The molecule has 1 aromatic heterocycles. The molecule has 7 heteroatoms. The molecular formula is C19H29BN2O4. The lowest BCUT2D eigenvalue weighted by Gasteiger charge is -2.32. The van der Waals surface area contributed by atoms with Crippen LogP contribution in [0.1, 0.15) is 56.6 Å². The SMILES string of the molecule is COC1CCN(C(=O)c2cc(B3OC(C)(C)C(C)(C)O3)cnc2C)CC1. The minimum absolute atomic E-state index is 0.0166. The molecule has 6 nitrogen and oxygen atoms in total. The summed E-state index contributed by atoms with van der Waals surface area (Å²) >= 11 is 0. The van der Waals surface area contributed by atoms with Crippen molar-refractivity contribution < 1.29 is 18.8 Å². The number of aromatic nitrogens is 1. The zero-order valence-corrected chi connectivity index (χ0v) is 16.7. The molecule has 0 unspecified atom stereocenters. The van der Waals surface area contributed by atoms with Gasteiger partial charge >= 0.3 is 7.12 Å². The zero-order valence-electron chi connectivity index (χ0n) is 16.7. The van der Waals surface area contributed by atoms with Gasteiger partial charge < -0.3 is 18.9 Å². The number of amides is 1. The number of carbonyl (C=O) groups excluding carboxylic acids is 1. The molecule has 3 heterocycles. The van der Waals surface area contributed by atoms with Crippen molar-refractivity contribution in [2.75, 3.05) is 20.2 Å². The average Bonchev–Trinajstić information content (AvgIpc) is 2.82. The molecule has 2 saturated heterocycles. The van der Waals surface area contributed by atoms with Gasteiger partial charge in [0.1, 0.15) is 0 Å². The van der Waals surface area contributed by atoms with Crippen LogP contribution >= 0.6 is 0 Å². The van der Waals surface area contributed by atoms with Gasteiger partial charge in [0.05, 0.1) is 22.9 Å². The second-order valence-corrected chi connectivity index (χ2v) is 8.22. The molecule has 2 aliphatic heterocycles. The minimum atomic E-state index is -0.515. The fraction of sp³-hybridized carbons (Fsp3) is 0.684. The maximum atomic E-state index is 13.0. The van der Waals surface area contributed by atoms with Crippen LogP contribution in [0.25, 0.3) is 0 Å². The number of nitrogens with zero attached hydrogens (tertiary/aromatic N) is 2. The molecule has 26 heavy (non-hydrogen) atoms. The van der Waals surface area contributed by atoms with Gasteiger partial charge in [0, 0.05) is 37.6 Å². The third-order valence-corrected chi connectivity index (χ3v) is 5.93. The van der Waals surface area contributed by atoms with Gasteiger partial charge in [-0.05, 0) is 53.5 Å². The van der Waals surface area contributed by atoms with E-state index >= 15 is 0 Å². The van der Waals surface area contributed by atoms with E-state index in [0.29, 0.717) is 18.7 Å². The van der Waals surface area contributed by atoms with E-state index in [0.717, 1.165) is 24.0 Å². The Labute approximate surface area is 156 Å². The highest BCUT2D eigenvalue weighted by Crippen LogP contribution is 2.36. The maximum absolute atomic E-state index is 13.0. The molecule has 0 saturated carbocycles. The van der Waals surface area contributed by atoms with E-state index < -0.39 is 18.3 Å². The Morgan fingerprint density at radius 3 is 2.35 bits per heavy atom. The number of ether oxygens (including phenoxy) is 1. The first-order valence-corrected chi connectivity index (χ1v) is 9.29. The minimum Gasteiger partial charge on any atom is -0.399 e. The highest BCUT2D eigenvalue weighted by atomic mass is 16.7. The lowest BCUT2D eigenvalue weighted by Crippen LogP contribution is -2.42. The van der Waals surface area contributed by atoms with E-state index in [-0.39, 0.29) is 12.0 Å². The van der Waals surface area contributed by atoms with Gasteiger partial charge in [0.2, 0.25) is 0 Å². The highest BCUT2D eigenvalue weighted by Gasteiger charge is 2.52. The molecular weight excluding hydrogens is 331 g/mol. The van der Waals surface area contributed by atoms with Crippen molar-refractivity contribution in [1.82, 2.24) is 9.88 Å². The van der Waals surface area contributed by atoms with Gasteiger partial charge in [-0.2, -0.15) is 0 Å². The number of rotatable bonds is 3. The van der Waals surface area contributed by atoms with Gasteiger partial charge in [-0.25, -0.2) is 0 Å². The summed E-state index contributed by atoms with van der Waals surface area (Å²) in [6.07, 6.45) is 3.72. The van der Waals surface area contributed by atoms with Crippen LogP contribution in [0.4, 0.5) is 0 Å². The highest BCUT2D eigenvalue weighted by molar-refractivity contribution is 6.62. The molecule has 2 fully saturated rings. The monoisotopic (exact) mass is 360 g/mol. The summed E-state index contributed by atoms with van der Waals surface area (Å²) in [5, 5.41) is 0. The summed E-state index contributed by atoms with van der Waals surface area (Å²) in [5.41, 5.74) is 1.28. The Kier molecular flexibility index (Phi) is 5.16. The first-order valence-electron chi connectivity index (χ1n) is 9.29. The molecule has 3 rings (SSSR count). The van der Waals surface area contributed by atoms with E-state index in [2.05, 4.69) is 4.98 Å². The number of methoxy groups -OCH3 is 1. The fourth-order valence-electron chi connectivity index (χ4n) is 3.34. The van der Waals surface area contributed by atoms with Crippen molar-refractivity contribution in [2.24, 2.45) is 0 Å². The Morgan fingerprint density at radius 1 is 1.23 bits per heavy atom. The number of hydrogen-bond acceptors (Lipinski definition) is 5. The number of likely N-dealkylation sites (tertiary alicyclic amines) is 1. The molecule has 1 amide bonds. The molecule has 0 radical (unpaired) electrons.